The third kappa shape index (κ3) is 3.15. The summed E-state index contributed by atoms with van der Waals surface area (Å²) < 4.78 is 22.0. The topological polar surface area (TPSA) is 101 Å². The Hall–Kier alpha value is -0.660. The van der Waals surface area contributed by atoms with Gasteiger partial charge < -0.3 is 10.0 Å². The van der Waals surface area contributed by atoms with Crippen molar-refractivity contribution in [1.82, 2.24) is 4.90 Å². The third-order valence-electron chi connectivity index (χ3n) is 2.55. The fourth-order valence-electron chi connectivity index (χ4n) is 1.52. The minimum absolute atomic E-state index is 0.0741. The van der Waals surface area contributed by atoms with Gasteiger partial charge in [0.05, 0.1) is 6.10 Å². The second-order valence-electron chi connectivity index (χ2n) is 3.78. The van der Waals surface area contributed by atoms with E-state index in [-0.39, 0.29) is 25.4 Å². The predicted molar refractivity (Wildman–Crippen MR) is 54.4 cm³/mol. The van der Waals surface area contributed by atoms with Gasteiger partial charge in [0.1, 0.15) is 5.25 Å². The van der Waals surface area contributed by atoms with Crippen LogP contribution in [0.2, 0.25) is 0 Å². The maximum absolute atomic E-state index is 11.4. The summed E-state index contributed by atoms with van der Waals surface area (Å²) in [6.07, 6.45) is -0.146. The second kappa shape index (κ2) is 4.46. The normalized spacial score (nSPS) is 24.6. The summed E-state index contributed by atoms with van der Waals surface area (Å²) in [6, 6.07) is 0. The summed E-state index contributed by atoms with van der Waals surface area (Å²) >= 11 is 0. The Balaban J connectivity index is 2.61. The van der Waals surface area contributed by atoms with E-state index < -0.39 is 21.4 Å². The van der Waals surface area contributed by atoms with E-state index in [0.29, 0.717) is 6.42 Å². The fourth-order valence-corrected chi connectivity index (χ4v) is 2.28. The van der Waals surface area contributed by atoms with Crippen LogP contribution >= 0.6 is 0 Å². The molecule has 1 fully saturated rings. The van der Waals surface area contributed by atoms with Gasteiger partial charge in [-0.15, -0.1) is 0 Å². The number of aliphatic hydroxyl groups is 1. The molecule has 0 spiro atoms. The monoisotopic (exact) mass is 236 g/mol. The number of sulfonamides is 1. The number of amides is 1. The van der Waals surface area contributed by atoms with E-state index in [1.807, 2.05) is 0 Å². The number of aliphatic hydroxyl groups excluding tert-OH is 1. The van der Waals surface area contributed by atoms with Gasteiger partial charge in [0.2, 0.25) is 15.9 Å². The van der Waals surface area contributed by atoms with Crippen molar-refractivity contribution in [3.8, 4) is 0 Å². The average molecular weight is 236 g/mol. The number of primary sulfonamides is 1. The van der Waals surface area contributed by atoms with Gasteiger partial charge in [0.15, 0.2) is 0 Å². The highest BCUT2D eigenvalue weighted by Gasteiger charge is 2.36. The van der Waals surface area contributed by atoms with Crippen LogP contribution in [0, 0.1) is 0 Å². The number of nitrogens with two attached hydrogens (primary N) is 1. The molecule has 6 nitrogen and oxygen atoms in total. The number of nitrogens with zero attached hydrogens (tertiary/aromatic N) is 1. The molecule has 0 aromatic rings. The minimum atomic E-state index is -3.66. The van der Waals surface area contributed by atoms with Gasteiger partial charge in [0, 0.05) is 19.5 Å². The quantitative estimate of drug-likeness (QED) is 0.630. The van der Waals surface area contributed by atoms with Crippen molar-refractivity contribution in [2.24, 2.45) is 5.14 Å². The van der Waals surface area contributed by atoms with Crippen molar-refractivity contribution in [2.75, 3.05) is 13.1 Å². The molecule has 1 rings (SSSR count). The van der Waals surface area contributed by atoms with Crippen molar-refractivity contribution in [3.63, 3.8) is 0 Å². The molecule has 0 aromatic carbocycles. The van der Waals surface area contributed by atoms with Crippen LogP contribution in [0.3, 0.4) is 0 Å². The van der Waals surface area contributed by atoms with Crippen LogP contribution in [0.15, 0.2) is 0 Å². The van der Waals surface area contributed by atoms with Crippen molar-refractivity contribution < 1.29 is 18.3 Å². The zero-order valence-corrected chi connectivity index (χ0v) is 9.40. The Labute approximate surface area is 89.1 Å². The lowest BCUT2D eigenvalue weighted by Crippen LogP contribution is -2.36. The van der Waals surface area contributed by atoms with Gasteiger partial charge >= 0.3 is 0 Å². The highest BCUT2D eigenvalue weighted by molar-refractivity contribution is 7.89. The fraction of sp³-hybridized carbons (Fsp3) is 0.875. The Morgan fingerprint density at radius 3 is 2.67 bits per heavy atom. The summed E-state index contributed by atoms with van der Waals surface area (Å²) in [5.41, 5.74) is 0. The molecule has 88 valence electrons. The Kier molecular flexibility index (Phi) is 3.69. The van der Waals surface area contributed by atoms with Crippen LogP contribution < -0.4 is 5.14 Å². The first-order valence-electron chi connectivity index (χ1n) is 4.82. The van der Waals surface area contributed by atoms with E-state index in [1.54, 1.807) is 6.92 Å². The van der Waals surface area contributed by atoms with E-state index >= 15 is 0 Å². The molecule has 0 aromatic heterocycles. The summed E-state index contributed by atoms with van der Waals surface area (Å²) in [5.74, 6) is -0.262. The lowest BCUT2D eigenvalue weighted by atomic mass is 10.2. The zero-order chi connectivity index (χ0) is 11.6. The molecule has 0 saturated carbocycles. The highest BCUT2D eigenvalue weighted by atomic mass is 32.2. The summed E-state index contributed by atoms with van der Waals surface area (Å²) in [6.45, 7) is 2.07. The number of likely N-dealkylation sites (tertiary alicyclic amines) is 1. The number of rotatable bonds is 4. The summed E-state index contributed by atoms with van der Waals surface area (Å²) in [4.78, 5) is 12.7. The average Bonchev–Trinajstić information content (AvgIpc) is 2.47. The predicted octanol–water partition coefficient (Wildman–Crippen LogP) is -1.35. The molecule has 0 aliphatic carbocycles. The smallest absolute Gasteiger partial charge is 0.224 e. The van der Waals surface area contributed by atoms with Crippen LogP contribution in [-0.2, 0) is 14.8 Å². The van der Waals surface area contributed by atoms with Gasteiger partial charge in [-0.2, -0.15) is 0 Å². The molecule has 2 unspecified atom stereocenters. The molecule has 2 atom stereocenters. The first-order valence-corrected chi connectivity index (χ1v) is 6.43. The van der Waals surface area contributed by atoms with Crippen LogP contribution in [0.5, 0.6) is 0 Å². The number of hydrogen-bond acceptors (Lipinski definition) is 4. The molecule has 1 heterocycles. The van der Waals surface area contributed by atoms with Crippen molar-refractivity contribution >= 4 is 15.9 Å². The lowest BCUT2D eigenvalue weighted by molar-refractivity contribution is -0.128. The van der Waals surface area contributed by atoms with Gasteiger partial charge in [-0.25, -0.2) is 13.6 Å². The molecule has 1 aliphatic heterocycles. The molecule has 1 amide bonds. The highest BCUT2D eigenvalue weighted by Crippen LogP contribution is 2.16. The number of β-amino-alcohol motifs (C(OH)–C–C–N with tert-alkyl or cyclic N) is 1. The number of carbonyl (C=O) groups excluding carboxylic acids is 1. The van der Waals surface area contributed by atoms with E-state index in [0.717, 1.165) is 0 Å². The van der Waals surface area contributed by atoms with Crippen molar-refractivity contribution in [2.45, 2.75) is 31.1 Å². The van der Waals surface area contributed by atoms with Crippen LogP contribution in [0.25, 0.3) is 0 Å². The van der Waals surface area contributed by atoms with Gasteiger partial charge in [-0.3, -0.25) is 4.79 Å². The van der Waals surface area contributed by atoms with Crippen LogP contribution in [0.4, 0.5) is 0 Å². The molecular weight excluding hydrogens is 220 g/mol. The standard InChI is InChI=1S/C8H16N2O4S/c1-2-6(11)4-10-5-7(3-8(10)12)15(9,13)14/h6-7,11H,2-5H2,1H3,(H2,9,13,14). The zero-order valence-electron chi connectivity index (χ0n) is 8.59. The van der Waals surface area contributed by atoms with Crippen LogP contribution in [0.1, 0.15) is 19.8 Å². The van der Waals surface area contributed by atoms with Gasteiger partial charge in [0.25, 0.3) is 0 Å². The number of hydrogen-bond donors (Lipinski definition) is 2. The van der Waals surface area contributed by atoms with E-state index in [4.69, 9.17) is 5.14 Å². The van der Waals surface area contributed by atoms with E-state index in [1.165, 1.54) is 4.90 Å². The molecule has 7 heteroatoms. The van der Waals surface area contributed by atoms with E-state index in [9.17, 15) is 18.3 Å². The van der Waals surface area contributed by atoms with Crippen molar-refractivity contribution in [1.29, 1.82) is 0 Å². The lowest BCUT2D eigenvalue weighted by Gasteiger charge is -2.19. The Bertz CT molecular complexity index is 341. The molecule has 1 saturated heterocycles. The number of carbonyl (C=O) groups is 1. The van der Waals surface area contributed by atoms with Gasteiger partial charge in [-0.05, 0) is 6.42 Å². The first-order chi connectivity index (χ1) is 6.84. The largest absolute Gasteiger partial charge is 0.391 e. The summed E-state index contributed by atoms with van der Waals surface area (Å²) in [7, 11) is -3.66. The molecule has 3 N–H and O–H groups in total. The molecule has 0 bridgehead atoms. The summed E-state index contributed by atoms with van der Waals surface area (Å²) in [5, 5.41) is 13.5. The Morgan fingerprint density at radius 1 is 1.67 bits per heavy atom. The van der Waals surface area contributed by atoms with Gasteiger partial charge in [-0.1, -0.05) is 6.92 Å². The van der Waals surface area contributed by atoms with E-state index in [2.05, 4.69) is 0 Å². The SMILES string of the molecule is CCC(O)CN1CC(S(N)(=O)=O)CC1=O. The maximum Gasteiger partial charge on any atom is 0.224 e. The van der Waals surface area contributed by atoms with Crippen molar-refractivity contribution in [3.05, 3.63) is 0 Å². The molecule has 1 aliphatic rings. The maximum atomic E-state index is 11.4. The first kappa shape index (κ1) is 12.4. The molecule has 15 heavy (non-hydrogen) atoms. The Morgan fingerprint density at radius 2 is 2.27 bits per heavy atom. The minimum Gasteiger partial charge on any atom is -0.391 e. The van der Waals surface area contributed by atoms with Crippen LogP contribution in [-0.4, -0.2) is 48.8 Å². The third-order valence-corrected chi connectivity index (χ3v) is 3.79. The molecule has 0 radical (unpaired) electrons. The second-order valence-corrected chi connectivity index (χ2v) is 5.62. The molecular formula is C8H16N2O4S.